The molecule has 1 aromatic carbocycles. The third-order valence-corrected chi connectivity index (χ3v) is 4.39. The molecule has 0 saturated carbocycles. The van der Waals surface area contributed by atoms with E-state index in [2.05, 4.69) is 4.98 Å². The number of nitrogens with one attached hydrogen (secondary N) is 1. The highest BCUT2D eigenvalue weighted by atomic mass is 32.1. The number of rotatable bonds is 3. The van der Waals surface area contributed by atoms with Crippen molar-refractivity contribution in [3.63, 3.8) is 0 Å². The highest BCUT2D eigenvalue weighted by Crippen LogP contribution is 2.16. The van der Waals surface area contributed by atoms with Crippen molar-refractivity contribution in [3.8, 4) is 0 Å². The topological polar surface area (TPSA) is 58.1 Å². The second-order valence-electron chi connectivity index (χ2n) is 5.65. The van der Waals surface area contributed by atoms with Crippen LogP contribution in [-0.4, -0.2) is 33.4 Å². The molecule has 1 saturated heterocycles. The minimum atomic E-state index is -0.0965. The maximum Gasteiger partial charge on any atom is 0.262 e. The number of carbonyl (C=O) groups is 1. The van der Waals surface area contributed by atoms with Crippen LogP contribution in [-0.2, 0) is 6.54 Å². The summed E-state index contributed by atoms with van der Waals surface area (Å²) in [7, 11) is 0. The fourth-order valence-electron chi connectivity index (χ4n) is 2.92. The van der Waals surface area contributed by atoms with E-state index >= 15 is 0 Å². The molecule has 22 heavy (non-hydrogen) atoms. The van der Waals surface area contributed by atoms with Gasteiger partial charge in [-0.2, -0.15) is 0 Å². The van der Waals surface area contributed by atoms with Crippen molar-refractivity contribution in [1.29, 1.82) is 0 Å². The summed E-state index contributed by atoms with van der Waals surface area (Å²) in [5, 5.41) is 0.569. The minimum Gasteiger partial charge on any atom is -0.339 e. The molecule has 1 fully saturated rings. The summed E-state index contributed by atoms with van der Waals surface area (Å²) in [5.74, 6) is 0.0245. The lowest BCUT2D eigenvalue weighted by molar-refractivity contribution is 0.0793. The highest BCUT2D eigenvalue weighted by molar-refractivity contribution is 7.71. The lowest BCUT2D eigenvalue weighted by Crippen LogP contribution is -2.28. The van der Waals surface area contributed by atoms with Crippen LogP contribution in [0.5, 0.6) is 0 Å². The molecule has 0 radical (unpaired) electrons. The zero-order chi connectivity index (χ0) is 15.7. The van der Waals surface area contributed by atoms with E-state index in [0.29, 0.717) is 27.8 Å². The van der Waals surface area contributed by atoms with Gasteiger partial charge >= 0.3 is 0 Å². The van der Waals surface area contributed by atoms with Crippen molar-refractivity contribution >= 4 is 29.0 Å². The van der Waals surface area contributed by atoms with Gasteiger partial charge in [0, 0.05) is 25.2 Å². The van der Waals surface area contributed by atoms with Crippen molar-refractivity contribution in [2.24, 2.45) is 0 Å². The Hall–Kier alpha value is -1.95. The fourth-order valence-corrected chi connectivity index (χ4v) is 3.20. The average Bonchev–Trinajstić information content (AvgIpc) is 3.04. The Morgan fingerprint density at radius 2 is 2.05 bits per heavy atom. The summed E-state index contributed by atoms with van der Waals surface area (Å²) < 4.78 is 1.98. The summed E-state index contributed by atoms with van der Waals surface area (Å²) in [5.41, 5.74) is 1.14. The molecule has 5 nitrogen and oxygen atoms in total. The van der Waals surface area contributed by atoms with Crippen molar-refractivity contribution in [1.82, 2.24) is 14.5 Å². The molecule has 1 N–H and O–H groups in total. The summed E-state index contributed by atoms with van der Waals surface area (Å²) in [6.07, 6.45) is 2.96. The summed E-state index contributed by atoms with van der Waals surface area (Å²) in [6.45, 7) is 4.22. The Balaban J connectivity index is 2.07. The van der Waals surface area contributed by atoms with Gasteiger partial charge in [0.05, 0.1) is 10.9 Å². The molecule has 1 aliphatic rings. The molecule has 1 amide bonds. The van der Waals surface area contributed by atoms with Crippen molar-refractivity contribution in [2.45, 2.75) is 32.7 Å². The molecule has 2 aromatic rings. The Bertz CT molecular complexity index is 831. The van der Waals surface area contributed by atoms with Crippen LogP contribution in [0.15, 0.2) is 23.0 Å². The van der Waals surface area contributed by atoms with Crippen LogP contribution in [0, 0.1) is 4.77 Å². The third-order valence-electron chi connectivity index (χ3n) is 4.07. The number of aromatic nitrogens is 2. The van der Waals surface area contributed by atoms with Crippen LogP contribution in [0.1, 0.15) is 36.5 Å². The number of carbonyl (C=O) groups excluding carboxylic acids is 1. The summed E-state index contributed by atoms with van der Waals surface area (Å²) in [6, 6.07) is 5.19. The standard InChI is InChI=1S/C16H19N3O2S/c1-2-7-19-15(21)12-6-5-11(10-13(12)17-16(19)22)14(20)18-8-3-4-9-18/h5-6,10H,2-4,7-9H2,1H3,(H,17,22). The van der Waals surface area contributed by atoms with Crippen LogP contribution in [0.25, 0.3) is 10.9 Å². The smallest absolute Gasteiger partial charge is 0.262 e. The minimum absolute atomic E-state index is 0.0245. The van der Waals surface area contributed by atoms with E-state index in [1.54, 1.807) is 22.8 Å². The van der Waals surface area contributed by atoms with Gasteiger partial charge in [0.25, 0.3) is 11.5 Å². The predicted octanol–water partition coefficient (Wildman–Crippen LogP) is 2.71. The lowest BCUT2D eigenvalue weighted by atomic mass is 10.1. The number of amides is 1. The molecular weight excluding hydrogens is 298 g/mol. The van der Waals surface area contributed by atoms with Gasteiger partial charge in [-0.15, -0.1) is 0 Å². The largest absolute Gasteiger partial charge is 0.339 e. The molecule has 2 heterocycles. The maximum atomic E-state index is 12.5. The van der Waals surface area contributed by atoms with Crippen LogP contribution in [0.2, 0.25) is 0 Å². The van der Waals surface area contributed by atoms with Gasteiger partial charge in [-0.1, -0.05) is 6.92 Å². The van der Waals surface area contributed by atoms with Crippen LogP contribution >= 0.6 is 12.2 Å². The number of likely N-dealkylation sites (tertiary alicyclic amines) is 1. The van der Waals surface area contributed by atoms with Crippen LogP contribution < -0.4 is 5.56 Å². The van der Waals surface area contributed by atoms with E-state index in [9.17, 15) is 9.59 Å². The SMILES string of the molecule is CCCn1c(=S)[nH]c2cc(C(=O)N3CCCC3)ccc2c1=O. The maximum absolute atomic E-state index is 12.5. The third kappa shape index (κ3) is 2.59. The van der Waals surface area contributed by atoms with Crippen molar-refractivity contribution in [2.75, 3.05) is 13.1 Å². The molecule has 1 aliphatic heterocycles. The number of nitrogens with zero attached hydrogens (tertiary/aromatic N) is 2. The quantitative estimate of drug-likeness (QED) is 0.886. The van der Waals surface area contributed by atoms with Crippen LogP contribution in [0.3, 0.4) is 0 Å². The molecule has 0 spiro atoms. The van der Waals surface area contributed by atoms with E-state index in [1.807, 2.05) is 11.8 Å². The molecule has 6 heteroatoms. The van der Waals surface area contributed by atoms with Crippen LogP contribution in [0.4, 0.5) is 0 Å². The van der Waals surface area contributed by atoms with Gasteiger partial charge in [-0.3, -0.25) is 14.2 Å². The van der Waals surface area contributed by atoms with Gasteiger partial charge in [0.15, 0.2) is 4.77 Å². The first-order valence-corrected chi connectivity index (χ1v) is 8.09. The Kier molecular flexibility index (Phi) is 4.11. The van der Waals surface area contributed by atoms with E-state index in [0.717, 1.165) is 32.4 Å². The number of benzene rings is 1. The van der Waals surface area contributed by atoms with Crippen molar-refractivity contribution < 1.29 is 4.79 Å². The molecule has 0 atom stereocenters. The highest BCUT2D eigenvalue weighted by Gasteiger charge is 2.20. The first kappa shape index (κ1) is 15.0. The summed E-state index contributed by atoms with van der Waals surface area (Å²) >= 11 is 5.26. The predicted molar refractivity (Wildman–Crippen MR) is 88.8 cm³/mol. The first-order valence-electron chi connectivity index (χ1n) is 7.68. The monoisotopic (exact) mass is 317 g/mol. The van der Waals surface area contributed by atoms with Crippen molar-refractivity contribution in [3.05, 3.63) is 38.9 Å². The molecule has 1 aromatic heterocycles. The van der Waals surface area contributed by atoms with Gasteiger partial charge in [-0.05, 0) is 49.7 Å². The zero-order valence-corrected chi connectivity index (χ0v) is 13.4. The second kappa shape index (κ2) is 6.04. The first-order chi connectivity index (χ1) is 10.6. The van der Waals surface area contributed by atoms with Gasteiger partial charge in [0.2, 0.25) is 0 Å². The number of H-pyrrole nitrogens is 1. The van der Waals surface area contributed by atoms with Gasteiger partial charge < -0.3 is 9.88 Å². The Morgan fingerprint density at radius 1 is 1.32 bits per heavy atom. The molecule has 0 aliphatic carbocycles. The number of aromatic amines is 1. The molecular formula is C16H19N3O2S. The number of fused-ring (bicyclic) bond motifs is 1. The van der Waals surface area contributed by atoms with Gasteiger partial charge in [-0.25, -0.2) is 0 Å². The molecule has 0 bridgehead atoms. The van der Waals surface area contributed by atoms with E-state index < -0.39 is 0 Å². The summed E-state index contributed by atoms with van der Waals surface area (Å²) in [4.78, 5) is 29.8. The average molecular weight is 317 g/mol. The molecule has 116 valence electrons. The lowest BCUT2D eigenvalue weighted by Gasteiger charge is -2.15. The normalized spacial score (nSPS) is 14.7. The molecule has 3 rings (SSSR count). The molecule has 0 unspecified atom stereocenters. The van der Waals surface area contributed by atoms with E-state index in [-0.39, 0.29) is 11.5 Å². The van der Waals surface area contributed by atoms with Gasteiger partial charge in [0.1, 0.15) is 0 Å². The zero-order valence-electron chi connectivity index (χ0n) is 12.6. The Morgan fingerprint density at radius 3 is 2.73 bits per heavy atom. The number of hydrogen-bond acceptors (Lipinski definition) is 3. The van der Waals surface area contributed by atoms with E-state index in [1.165, 1.54) is 0 Å². The van der Waals surface area contributed by atoms with E-state index in [4.69, 9.17) is 12.2 Å². The number of hydrogen-bond donors (Lipinski definition) is 1. The second-order valence-corrected chi connectivity index (χ2v) is 6.03. The fraction of sp³-hybridized carbons (Fsp3) is 0.438. The Labute approximate surface area is 133 Å².